The summed E-state index contributed by atoms with van der Waals surface area (Å²) in [5.74, 6) is 0.203. The van der Waals surface area contributed by atoms with Crippen LogP contribution >= 0.6 is 0 Å². The van der Waals surface area contributed by atoms with Gasteiger partial charge in [0.2, 0.25) is 0 Å². The van der Waals surface area contributed by atoms with Gasteiger partial charge in [0.1, 0.15) is 11.5 Å². The number of carbonyl (C=O) groups is 1. The number of carboxylic acids is 1. The number of unbranched alkanes of at least 4 members (excludes halogenated alkanes) is 1. The average molecular weight is 157 g/mol. The van der Waals surface area contributed by atoms with Gasteiger partial charge in [0, 0.05) is 0 Å². The fraction of sp³-hybridized carbons (Fsp3) is 0.571. The number of carbonyl (C=O) groups excluding carboxylic acids is 1. The van der Waals surface area contributed by atoms with Crippen molar-refractivity contribution in [2.24, 2.45) is 5.73 Å². The Bertz CT molecular complexity index is 182. The molecule has 0 aromatic rings. The molecule has 0 aromatic carbocycles. The maximum atomic E-state index is 10.2. The van der Waals surface area contributed by atoms with Crippen LogP contribution in [0.3, 0.4) is 0 Å². The molecule has 0 aliphatic heterocycles. The third-order valence-corrected chi connectivity index (χ3v) is 1.26. The van der Waals surface area contributed by atoms with E-state index in [-0.39, 0.29) is 12.0 Å². The molecule has 0 aliphatic carbocycles. The largest absolute Gasteiger partial charge is 0.477 e. The molecule has 3 N–H and O–H groups in total. The van der Waals surface area contributed by atoms with Crippen LogP contribution in [-0.4, -0.2) is 23.6 Å². The summed E-state index contributed by atoms with van der Waals surface area (Å²) in [4.78, 5) is 20.2. The molecule has 0 aliphatic rings. The number of hydrogen-bond acceptors (Lipinski definition) is 3. The minimum atomic E-state index is -1.18. The predicted molar refractivity (Wildman–Crippen MR) is 39.7 cm³/mol. The molecule has 0 saturated carbocycles. The Morgan fingerprint density at radius 2 is 2.09 bits per heavy atom. The van der Waals surface area contributed by atoms with Crippen molar-refractivity contribution in [2.45, 2.75) is 19.3 Å². The molecule has 0 spiro atoms. The van der Waals surface area contributed by atoms with Crippen LogP contribution in [0.1, 0.15) is 19.3 Å². The fourth-order valence-electron chi connectivity index (χ4n) is 0.648. The van der Waals surface area contributed by atoms with E-state index in [0.29, 0.717) is 13.0 Å². The number of aliphatic carboxylic acids is 1. The maximum Gasteiger partial charge on any atom is 0.342 e. The van der Waals surface area contributed by atoms with Gasteiger partial charge in [0.25, 0.3) is 0 Å². The lowest BCUT2D eigenvalue weighted by Gasteiger charge is -1.95. The van der Waals surface area contributed by atoms with Crippen molar-refractivity contribution in [3.05, 3.63) is 5.57 Å². The lowest BCUT2D eigenvalue weighted by Crippen LogP contribution is -2.03. The molecule has 4 heteroatoms. The Labute approximate surface area is 64.7 Å². The zero-order valence-electron chi connectivity index (χ0n) is 6.17. The average Bonchev–Trinajstić information content (AvgIpc) is 1.97. The van der Waals surface area contributed by atoms with Gasteiger partial charge in [-0.25, -0.2) is 9.59 Å². The highest BCUT2D eigenvalue weighted by Gasteiger charge is 2.06. The first-order valence-electron chi connectivity index (χ1n) is 3.39. The van der Waals surface area contributed by atoms with Crippen LogP contribution < -0.4 is 5.73 Å². The molecule has 0 radical (unpaired) electrons. The van der Waals surface area contributed by atoms with Gasteiger partial charge in [-0.1, -0.05) is 0 Å². The van der Waals surface area contributed by atoms with Gasteiger partial charge in [-0.2, -0.15) is 0 Å². The number of carboxylic acid groups (broad SMARTS) is 1. The second kappa shape index (κ2) is 5.65. The summed E-state index contributed by atoms with van der Waals surface area (Å²) < 4.78 is 0. The van der Waals surface area contributed by atoms with E-state index in [1.807, 2.05) is 0 Å². The van der Waals surface area contributed by atoms with E-state index in [4.69, 9.17) is 10.8 Å². The molecule has 11 heavy (non-hydrogen) atoms. The van der Waals surface area contributed by atoms with Crippen LogP contribution in [0, 0.1) is 0 Å². The van der Waals surface area contributed by atoms with Crippen LogP contribution in [0.4, 0.5) is 0 Å². The summed E-state index contributed by atoms with van der Waals surface area (Å²) in [7, 11) is 0. The Balaban J connectivity index is 3.73. The zero-order chi connectivity index (χ0) is 8.69. The van der Waals surface area contributed by atoms with Crippen molar-refractivity contribution in [2.75, 3.05) is 6.54 Å². The Hall–Kier alpha value is -1.12. The van der Waals surface area contributed by atoms with Crippen molar-refractivity contribution < 1.29 is 14.7 Å². The minimum Gasteiger partial charge on any atom is -0.477 e. The van der Waals surface area contributed by atoms with Crippen LogP contribution in [0.25, 0.3) is 0 Å². The lowest BCUT2D eigenvalue weighted by molar-refractivity contribution is -0.132. The SMILES string of the molecule is NCCCCC(=C=O)C(=O)O. The van der Waals surface area contributed by atoms with Crippen molar-refractivity contribution in [3.8, 4) is 0 Å². The van der Waals surface area contributed by atoms with Gasteiger partial charge in [-0.15, -0.1) is 0 Å². The molecule has 0 saturated heterocycles. The summed E-state index contributed by atoms with van der Waals surface area (Å²) in [5, 5.41) is 8.34. The number of rotatable bonds is 5. The van der Waals surface area contributed by atoms with Crippen molar-refractivity contribution in [3.63, 3.8) is 0 Å². The molecule has 0 bridgehead atoms. The molecule has 4 nitrogen and oxygen atoms in total. The van der Waals surface area contributed by atoms with E-state index in [0.717, 1.165) is 6.42 Å². The smallest absolute Gasteiger partial charge is 0.342 e. The van der Waals surface area contributed by atoms with Crippen LogP contribution in [-0.2, 0) is 9.59 Å². The zero-order valence-corrected chi connectivity index (χ0v) is 6.17. The summed E-state index contributed by atoms with van der Waals surface area (Å²) in [5.41, 5.74) is 4.98. The highest BCUT2D eigenvalue weighted by Crippen LogP contribution is 2.02. The maximum absolute atomic E-state index is 10.2. The second-order valence-electron chi connectivity index (χ2n) is 2.13. The highest BCUT2D eigenvalue weighted by molar-refractivity contribution is 5.95. The normalized spacial score (nSPS) is 8.82. The summed E-state index contributed by atoms with van der Waals surface area (Å²) in [6.07, 6.45) is 1.63. The quantitative estimate of drug-likeness (QED) is 0.333. The second-order valence-corrected chi connectivity index (χ2v) is 2.13. The first kappa shape index (κ1) is 9.88. The van der Waals surface area contributed by atoms with Crippen molar-refractivity contribution in [1.29, 1.82) is 0 Å². The molecule has 0 aromatic heterocycles. The Morgan fingerprint density at radius 1 is 1.45 bits per heavy atom. The summed E-state index contributed by atoms with van der Waals surface area (Å²) in [6, 6.07) is 0. The van der Waals surface area contributed by atoms with Gasteiger partial charge in [-0.05, 0) is 25.8 Å². The molecule has 0 atom stereocenters. The summed E-state index contributed by atoms with van der Waals surface area (Å²) in [6.45, 7) is 0.520. The third kappa shape index (κ3) is 4.31. The molecular formula is C7H11NO3. The van der Waals surface area contributed by atoms with Crippen LogP contribution in [0.5, 0.6) is 0 Å². The Morgan fingerprint density at radius 3 is 2.45 bits per heavy atom. The van der Waals surface area contributed by atoms with Crippen LogP contribution in [0.15, 0.2) is 5.57 Å². The van der Waals surface area contributed by atoms with Crippen molar-refractivity contribution >= 4 is 11.9 Å². The van der Waals surface area contributed by atoms with E-state index >= 15 is 0 Å². The number of hydrogen-bond donors (Lipinski definition) is 2. The van der Waals surface area contributed by atoms with Gasteiger partial charge in [0.15, 0.2) is 0 Å². The van der Waals surface area contributed by atoms with Gasteiger partial charge >= 0.3 is 5.97 Å². The first-order chi connectivity index (χ1) is 5.22. The third-order valence-electron chi connectivity index (χ3n) is 1.26. The van der Waals surface area contributed by atoms with Gasteiger partial charge < -0.3 is 10.8 Å². The molecular weight excluding hydrogens is 146 g/mol. The monoisotopic (exact) mass is 157 g/mol. The topological polar surface area (TPSA) is 80.4 Å². The number of nitrogens with two attached hydrogens (primary N) is 1. The molecule has 0 fully saturated rings. The van der Waals surface area contributed by atoms with Crippen molar-refractivity contribution in [1.82, 2.24) is 0 Å². The molecule has 0 unspecified atom stereocenters. The van der Waals surface area contributed by atoms with E-state index < -0.39 is 5.97 Å². The fourth-order valence-corrected chi connectivity index (χ4v) is 0.648. The first-order valence-corrected chi connectivity index (χ1v) is 3.39. The van der Waals surface area contributed by atoms with Gasteiger partial charge in [-0.3, -0.25) is 0 Å². The molecule has 0 amide bonds. The standard InChI is InChI=1S/C7H11NO3/c8-4-2-1-3-6(5-9)7(10)11/h1-4,8H2,(H,10,11). The minimum absolute atomic E-state index is 0.196. The van der Waals surface area contributed by atoms with E-state index in [9.17, 15) is 9.59 Å². The predicted octanol–water partition coefficient (Wildman–Crippen LogP) is -0.0420. The molecule has 0 heterocycles. The van der Waals surface area contributed by atoms with Crippen LogP contribution in [0.2, 0.25) is 0 Å². The highest BCUT2D eigenvalue weighted by atomic mass is 16.4. The summed E-state index contributed by atoms with van der Waals surface area (Å²) >= 11 is 0. The Kier molecular flexibility index (Phi) is 5.07. The lowest BCUT2D eigenvalue weighted by atomic mass is 10.1. The van der Waals surface area contributed by atoms with E-state index in [1.54, 1.807) is 0 Å². The van der Waals surface area contributed by atoms with Gasteiger partial charge in [0.05, 0.1) is 0 Å². The van der Waals surface area contributed by atoms with E-state index in [1.165, 1.54) is 5.94 Å². The molecule has 62 valence electrons. The van der Waals surface area contributed by atoms with E-state index in [2.05, 4.69) is 0 Å². The molecule has 0 rings (SSSR count).